The summed E-state index contributed by atoms with van der Waals surface area (Å²) in [7, 11) is 0. The number of nitrogens with zero attached hydrogens (tertiary/aromatic N) is 2. The highest BCUT2D eigenvalue weighted by molar-refractivity contribution is 5.56. The third-order valence-electron chi connectivity index (χ3n) is 2.28. The monoisotopic (exact) mass is 221 g/mol. The number of rotatable bonds is 3. The van der Waals surface area contributed by atoms with Crippen molar-refractivity contribution in [3.05, 3.63) is 33.4 Å². The molecule has 84 valence electrons. The summed E-state index contributed by atoms with van der Waals surface area (Å²) in [6.45, 7) is 1.79. The predicted molar refractivity (Wildman–Crippen MR) is 56.7 cm³/mol. The first-order chi connectivity index (χ1) is 7.51. The number of hydrogen-bond donors (Lipinski definition) is 2. The molecule has 0 aliphatic carbocycles. The van der Waals surface area contributed by atoms with Crippen LogP contribution in [0.5, 0.6) is 5.75 Å². The average Bonchev–Trinajstić information content (AvgIpc) is 2.28. The second-order valence-electron chi connectivity index (χ2n) is 3.32. The van der Waals surface area contributed by atoms with Gasteiger partial charge in [0, 0.05) is 17.7 Å². The number of nitriles is 1. The summed E-state index contributed by atoms with van der Waals surface area (Å²) in [6.07, 6.45) is 0.513. The largest absolute Gasteiger partial charge is 0.502 e. The summed E-state index contributed by atoms with van der Waals surface area (Å²) in [6, 6.07) is 3.68. The maximum atomic E-state index is 10.6. The molecule has 0 saturated carbocycles. The maximum Gasteiger partial charge on any atom is 0.312 e. The lowest BCUT2D eigenvalue weighted by molar-refractivity contribution is -0.386. The molecule has 0 aromatic heterocycles. The summed E-state index contributed by atoms with van der Waals surface area (Å²) in [4.78, 5) is 9.91. The molecule has 16 heavy (non-hydrogen) atoms. The molecule has 0 bridgehead atoms. The van der Waals surface area contributed by atoms with Crippen molar-refractivity contribution in [1.29, 1.82) is 5.26 Å². The molecule has 0 aliphatic heterocycles. The first kappa shape index (κ1) is 11.9. The zero-order valence-corrected chi connectivity index (χ0v) is 8.67. The zero-order chi connectivity index (χ0) is 12.3. The number of nitrogens with two attached hydrogens (primary N) is 1. The van der Waals surface area contributed by atoms with E-state index in [1.54, 1.807) is 13.0 Å². The summed E-state index contributed by atoms with van der Waals surface area (Å²) in [5.41, 5.74) is 5.55. The van der Waals surface area contributed by atoms with E-state index in [9.17, 15) is 15.2 Å². The molecule has 1 aromatic rings. The maximum absolute atomic E-state index is 10.6. The van der Waals surface area contributed by atoms with E-state index in [1.165, 1.54) is 6.07 Å². The lowest BCUT2D eigenvalue weighted by Gasteiger charge is -2.11. The van der Waals surface area contributed by atoms with Crippen LogP contribution in [-0.4, -0.2) is 10.0 Å². The van der Waals surface area contributed by atoms with Crippen molar-refractivity contribution in [3.8, 4) is 11.8 Å². The minimum Gasteiger partial charge on any atom is -0.502 e. The molecule has 1 atom stereocenters. The molecule has 0 unspecified atom stereocenters. The number of phenols is 1. The van der Waals surface area contributed by atoms with Crippen LogP contribution in [0.4, 0.5) is 5.69 Å². The summed E-state index contributed by atoms with van der Waals surface area (Å²) < 4.78 is 0. The number of benzene rings is 1. The van der Waals surface area contributed by atoms with E-state index in [1.807, 2.05) is 0 Å². The van der Waals surface area contributed by atoms with Crippen LogP contribution in [0.25, 0.3) is 0 Å². The van der Waals surface area contributed by atoms with Gasteiger partial charge in [0.1, 0.15) is 0 Å². The van der Waals surface area contributed by atoms with E-state index in [2.05, 4.69) is 0 Å². The van der Waals surface area contributed by atoms with Gasteiger partial charge >= 0.3 is 5.69 Å². The third-order valence-corrected chi connectivity index (χ3v) is 2.28. The Bertz CT molecular complexity index is 465. The Morgan fingerprint density at radius 1 is 1.69 bits per heavy atom. The Balaban J connectivity index is 3.44. The van der Waals surface area contributed by atoms with Crippen molar-refractivity contribution in [1.82, 2.24) is 0 Å². The van der Waals surface area contributed by atoms with E-state index < -0.39 is 22.4 Å². The van der Waals surface area contributed by atoms with Crippen LogP contribution in [0, 0.1) is 21.4 Å². The van der Waals surface area contributed by atoms with Gasteiger partial charge in [-0.1, -0.05) is 6.92 Å². The van der Waals surface area contributed by atoms with Gasteiger partial charge in [0.25, 0.3) is 0 Å². The fourth-order valence-electron chi connectivity index (χ4n) is 1.35. The van der Waals surface area contributed by atoms with E-state index >= 15 is 0 Å². The number of nitro groups is 1. The highest BCUT2D eigenvalue weighted by Crippen LogP contribution is 2.34. The van der Waals surface area contributed by atoms with Gasteiger partial charge in [0.15, 0.2) is 5.75 Å². The molecule has 3 N–H and O–H groups in total. The van der Waals surface area contributed by atoms with Gasteiger partial charge in [0.2, 0.25) is 0 Å². The highest BCUT2D eigenvalue weighted by Gasteiger charge is 2.21. The Hall–Kier alpha value is -2.13. The molecular formula is C10H11N3O3. The number of phenolic OH excluding ortho intramolecular Hbond substituents is 1. The van der Waals surface area contributed by atoms with Crippen LogP contribution in [0.3, 0.4) is 0 Å². The van der Waals surface area contributed by atoms with Crippen LogP contribution in [0.1, 0.15) is 30.5 Å². The second kappa shape index (κ2) is 4.59. The van der Waals surface area contributed by atoms with Crippen LogP contribution >= 0.6 is 0 Å². The molecule has 0 heterocycles. The third kappa shape index (κ3) is 2.10. The van der Waals surface area contributed by atoms with Crippen LogP contribution in [-0.2, 0) is 0 Å². The van der Waals surface area contributed by atoms with Gasteiger partial charge in [-0.15, -0.1) is 0 Å². The number of aromatic hydroxyl groups is 1. The minimum atomic E-state index is -0.734. The summed E-state index contributed by atoms with van der Waals surface area (Å²) in [5, 5.41) is 29.0. The smallest absolute Gasteiger partial charge is 0.312 e. The fraction of sp³-hybridized carbons (Fsp3) is 0.300. The van der Waals surface area contributed by atoms with E-state index in [-0.39, 0.29) is 11.1 Å². The normalized spacial score (nSPS) is 11.8. The van der Waals surface area contributed by atoms with Crippen LogP contribution in [0.15, 0.2) is 12.1 Å². The van der Waals surface area contributed by atoms with Crippen molar-refractivity contribution in [2.75, 3.05) is 0 Å². The predicted octanol–water partition coefficient (Wildman–Crippen LogP) is 1.58. The molecule has 1 aromatic carbocycles. The van der Waals surface area contributed by atoms with Crippen molar-refractivity contribution in [2.45, 2.75) is 19.4 Å². The van der Waals surface area contributed by atoms with E-state index in [0.717, 1.165) is 6.07 Å². The van der Waals surface area contributed by atoms with Crippen molar-refractivity contribution in [3.63, 3.8) is 0 Å². The van der Waals surface area contributed by atoms with Gasteiger partial charge in [-0.3, -0.25) is 10.1 Å². The molecule has 0 fully saturated rings. The Kier molecular flexibility index (Phi) is 3.43. The molecule has 6 heteroatoms. The molecule has 1 rings (SSSR count). The van der Waals surface area contributed by atoms with Gasteiger partial charge in [-0.25, -0.2) is 0 Å². The first-order valence-corrected chi connectivity index (χ1v) is 4.68. The highest BCUT2D eigenvalue weighted by atomic mass is 16.6. The average molecular weight is 221 g/mol. The standard InChI is InChI=1S/C10H11N3O3/c1-2-8(12)7-3-6(5-11)4-9(10(7)14)13(15)16/h3-4,8,14H,2,12H2,1H3/t8-/m1/s1. The fourth-order valence-corrected chi connectivity index (χ4v) is 1.35. The van der Waals surface area contributed by atoms with E-state index in [4.69, 9.17) is 11.0 Å². The molecule has 0 amide bonds. The molecular weight excluding hydrogens is 210 g/mol. The van der Waals surface area contributed by atoms with Crippen molar-refractivity contribution in [2.24, 2.45) is 5.73 Å². The van der Waals surface area contributed by atoms with Crippen LogP contribution in [0.2, 0.25) is 0 Å². The first-order valence-electron chi connectivity index (χ1n) is 4.68. The van der Waals surface area contributed by atoms with Crippen molar-refractivity contribution < 1.29 is 10.0 Å². The second-order valence-corrected chi connectivity index (χ2v) is 3.32. The molecule has 0 radical (unpaired) electrons. The zero-order valence-electron chi connectivity index (χ0n) is 8.67. The summed E-state index contributed by atoms with van der Waals surface area (Å²) >= 11 is 0. The molecule has 0 aliphatic rings. The summed E-state index contributed by atoms with van der Waals surface area (Å²) in [5.74, 6) is -0.460. The van der Waals surface area contributed by atoms with Crippen molar-refractivity contribution >= 4 is 5.69 Å². The Labute approximate surface area is 92.1 Å². The molecule has 6 nitrogen and oxygen atoms in total. The van der Waals surface area contributed by atoms with Gasteiger partial charge in [0.05, 0.1) is 16.6 Å². The van der Waals surface area contributed by atoms with E-state index in [0.29, 0.717) is 6.42 Å². The lowest BCUT2D eigenvalue weighted by atomic mass is 10.0. The topological polar surface area (TPSA) is 113 Å². The number of hydrogen-bond acceptors (Lipinski definition) is 5. The number of nitro benzene ring substituents is 1. The Morgan fingerprint density at radius 3 is 2.75 bits per heavy atom. The molecule has 0 saturated heterocycles. The minimum absolute atomic E-state index is 0.114. The van der Waals surface area contributed by atoms with Gasteiger partial charge in [-0.05, 0) is 12.5 Å². The van der Waals surface area contributed by atoms with Gasteiger partial charge in [-0.2, -0.15) is 5.26 Å². The SMILES string of the molecule is CC[C@@H](N)c1cc(C#N)cc([N+](=O)[O-])c1O. The van der Waals surface area contributed by atoms with Gasteiger partial charge < -0.3 is 10.8 Å². The Morgan fingerprint density at radius 2 is 2.31 bits per heavy atom. The lowest BCUT2D eigenvalue weighted by Crippen LogP contribution is -2.10. The quantitative estimate of drug-likeness (QED) is 0.594. The van der Waals surface area contributed by atoms with Crippen LogP contribution < -0.4 is 5.73 Å². The molecule has 0 spiro atoms.